The largest absolute Gasteiger partial charge is 0.272 e. The number of hydrogen-bond acceptors (Lipinski definition) is 4. The molecule has 2 heterocycles. The van der Waals surface area contributed by atoms with Gasteiger partial charge in [0.25, 0.3) is 5.91 Å². The van der Waals surface area contributed by atoms with Gasteiger partial charge in [-0.15, -0.1) is 5.10 Å². The number of fused-ring (bicyclic) bond motifs is 1. The van der Waals surface area contributed by atoms with E-state index in [1.807, 2.05) is 31.2 Å². The van der Waals surface area contributed by atoms with E-state index in [1.54, 1.807) is 12.1 Å². The van der Waals surface area contributed by atoms with Crippen LogP contribution in [0.25, 0.3) is 11.4 Å². The first-order chi connectivity index (χ1) is 11.6. The van der Waals surface area contributed by atoms with Crippen LogP contribution in [0.2, 0.25) is 0 Å². The fourth-order valence-electron chi connectivity index (χ4n) is 2.72. The van der Waals surface area contributed by atoms with E-state index >= 15 is 0 Å². The molecule has 0 radical (unpaired) electrons. The van der Waals surface area contributed by atoms with Crippen molar-refractivity contribution in [3.8, 4) is 11.4 Å². The molecule has 24 heavy (non-hydrogen) atoms. The molecule has 0 bridgehead atoms. The summed E-state index contributed by atoms with van der Waals surface area (Å²) in [5.41, 5.74) is 2.92. The quantitative estimate of drug-likeness (QED) is 0.699. The van der Waals surface area contributed by atoms with Crippen molar-refractivity contribution in [1.82, 2.24) is 14.8 Å². The molecule has 0 amide bonds. The second-order valence-electron chi connectivity index (χ2n) is 5.76. The van der Waals surface area contributed by atoms with Gasteiger partial charge in [-0.1, -0.05) is 47.7 Å². The predicted octanol–water partition coefficient (Wildman–Crippen LogP) is 4.27. The molecule has 1 aliphatic rings. The Morgan fingerprint density at radius 3 is 2.75 bits per heavy atom. The van der Waals surface area contributed by atoms with Gasteiger partial charge in [-0.25, -0.2) is 9.37 Å². The maximum atomic E-state index is 13.1. The lowest BCUT2D eigenvalue weighted by Crippen LogP contribution is -2.20. The molecule has 0 spiro atoms. The maximum absolute atomic E-state index is 13.1. The van der Waals surface area contributed by atoms with Gasteiger partial charge in [-0.2, -0.15) is 4.68 Å². The summed E-state index contributed by atoms with van der Waals surface area (Å²) in [4.78, 5) is 16.9. The highest BCUT2D eigenvalue weighted by Gasteiger charge is 2.30. The molecule has 3 aromatic rings. The van der Waals surface area contributed by atoms with Gasteiger partial charge in [0.2, 0.25) is 0 Å². The highest BCUT2D eigenvalue weighted by Crippen LogP contribution is 2.41. The van der Waals surface area contributed by atoms with E-state index in [4.69, 9.17) is 0 Å². The van der Waals surface area contributed by atoms with Crippen LogP contribution in [-0.4, -0.2) is 20.7 Å². The predicted molar refractivity (Wildman–Crippen MR) is 90.4 cm³/mol. The van der Waals surface area contributed by atoms with Gasteiger partial charge in [0.15, 0.2) is 11.0 Å². The first-order valence-electron chi connectivity index (χ1n) is 7.59. The van der Waals surface area contributed by atoms with Gasteiger partial charge in [-0.3, -0.25) is 4.79 Å². The molecule has 1 atom stereocenters. The third-order valence-electron chi connectivity index (χ3n) is 3.94. The maximum Gasteiger partial charge on any atom is 0.250 e. The van der Waals surface area contributed by atoms with Gasteiger partial charge in [0, 0.05) is 17.2 Å². The van der Waals surface area contributed by atoms with Crippen molar-refractivity contribution in [3.05, 3.63) is 65.5 Å². The van der Waals surface area contributed by atoms with Crippen molar-refractivity contribution in [3.63, 3.8) is 0 Å². The summed E-state index contributed by atoms with van der Waals surface area (Å²) in [7, 11) is 0. The Bertz CT molecular complexity index is 920. The van der Waals surface area contributed by atoms with Crippen molar-refractivity contribution in [2.24, 2.45) is 0 Å². The van der Waals surface area contributed by atoms with Gasteiger partial charge >= 0.3 is 0 Å². The zero-order valence-corrected chi connectivity index (χ0v) is 13.8. The number of aryl methyl sites for hydroxylation is 1. The van der Waals surface area contributed by atoms with Crippen molar-refractivity contribution in [2.45, 2.75) is 23.8 Å². The van der Waals surface area contributed by atoms with Gasteiger partial charge in [0.05, 0.1) is 0 Å². The van der Waals surface area contributed by atoms with E-state index in [9.17, 15) is 9.18 Å². The van der Waals surface area contributed by atoms with Gasteiger partial charge < -0.3 is 0 Å². The molecule has 6 heteroatoms. The summed E-state index contributed by atoms with van der Waals surface area (Å²) in [5, 5.41) is 4.87. The lowest BCUT2D eigenvalue weighted by molar-refractivity contribution is 0.0868. The van der Waals surface area contributed by atoms with Crippen LogP contribution < -0.4 is 0 Å². The van der Waals surface area contributed by atoms with Crippen molar-refractivity contribution in [2.75, 3.05) is 0 Å². The smallest absolute Gasteiger partial charge is 0.250 e. The third-order valence-corrected chi connectivity index (χ3v) is 5.14. The average molecular weight is 339 g/mol. The number of halogens is 1. The number of carbonyl (C=O) groups is 1. The summed E-state index contributed by atoms with van der Waals surface area (Å²) in [6, 6.07) is 14.1. The molecule has 1 aromatic heterocycles. The number of nitrogens with zero attached hydrogens (tertiary/aromatic N) is 3. The first kappa shape index (κ1) is 15.1. The topological polar surface area (TPSA) is 47.8 Å². The first-order valence-corrected chi connectivity index (χ1v) is 8.47. The van der Waals surface area contributed by atoms with Crippen LogP contribution in [0.15, 0.2) is 53.7 Å². The second-order valence-corrected chi connectivity index (χ2v) is 6.93. The van der Waals surface area contributed by atoms with Crippen LogP contribution >= 0.6 is 11.8 Å². The summed E-state index contributed by atoms with van der Waals surface area (Å²) in [5.74, 6) is 0.176. The summed E-state index contributed by atoms with van der Waals surface area (Å²) < 4.78 is 14.5. The number of carbonyl (C=O) groups excluding carboxylic acids is 1. The Hall–Kier alpha value is -2.47. The van der Waals surface area contributed by atoms with Crippen LogP contribution in [0.3, 0.4) is 0 Å². The molecule has 0 fully saturated rings. The molecule has 0 N–H and O–H groups in total. The van der Waals surface area contributed by atoms with E-state index in [0.29, 0.717) is 17.4 Å². The number of rotatable bonds is 2. The highest BCUT2D eigenvalue weighted by molar-refractivity contribution is 7.99. The minimum Gasteiger partial charge on any atom is -0.272 e. The van der Waals surface area contributed by atoms with E-state index in [0.717, 1.165) is 16.7 Å². The molecule has 4 nitrogen and oxygen atoms in total. The van der Waals surface area contributed by atoms with Crippen LogP contribution in [0, 0.1) is 12.7 Å². The number of aromatic nitrogens is 3. The zero-order chi connectivity index (χ0) is 16.7. The SMILES string of the molecule is Cc1cccc(-c2nc3n(n2)C(=O)C[C@H](c2ccc(F)cc2)S3)c1. The van der Waals surface area contributed by atoms with E-state index in [-0.39, 0.29) is 17.0 Å². The molecule has 0 saturated carbocycles. The molecular weight excluding hydrogens is 325 g/mol. The van der Waals surface area contributed by atoms with Crippen LogP contribution in [-0.2, 0) is 0 Å². The number of hydrogen-bond donors (Lipinski definition) is 0. The molecule has 0 unspecified atom stereocenters. The van der Waals surface area contributed by atoms with E-state index in [2.05, 4.69) is 10.1 Å². The summed E-state index contributed by atoms with van der Waals surface area (Å²) in [6.45, 7) is 2.00. The Morgan fingerprint density at radius 2 is 2.00 bits per heavy atom. The Labute approximate surface area is 142 Å². The van der Waals surface area contributed by atoms with Crippen molar-refractivity contribution in [1.29, 1.82) is 0 Å². The third kappa shape index (κ3) is 2.73. The fraction of sp³-hybridized carbons (Fsp3) is 0.167. The molecule has 0 saturated heterocycles. The summed E-state index contributed by atoms with van der Waals surface area (Å²) >= 11 is 1.49. The lowest BCUT2D eigenvalue weighted by Gasteiger charge is -2.20. The minimum atomic E-state index is -0.282. The summed E-state index contributed by atoms with van der Waals surface area (Å²) in [6.07, 6.45) is 0.319. The standard InChI is InChI=1S/C18H14FN3OS/c1-11-3-2-4-13(9-11)17-20-18-22(21-17)16(23)10-15(24-18)12-5-7-14(19)8-6-12/h2-9,15H,10H2,1H3/t15-/m1/s1. The molecular formula is C18H14FN3OS. The Kier molecular flexibility index (Phi) is 3.69. The van der Waals surface area contributed by atoms with Crippen LogP contribution in [0.4, 0.5) is 4.39 Å². The Balaban J connectivity index is 1.68. The Morgan fingerprint density at radius 1 is 1.21 bits per heavy atom. The minimum absolute atomic E-state index is 0.0693. The highest BCUT2D eigenvalue weighted by atomic mass is 32.2. The average Bonchev–Trinajstić information content (AvgIpc) is 3.00. The van der Waals surface area contributed by atoms with E-state index < -0.39 is 0 Å². The lowest BCUT2D eigenvalue weighted by atomic mass is 10.1. The monoisotopic (exact) mass is 339 g/mol. The van der Waals surface area contributed by atoms with Gasteiger partial charge in [0.1, 0.15) is 5.82 Å². The van der Waals surface area contributed by atoms with Crippen molar-refractivity contribution >= 4 is 17.7 Å². The molecule has 1 aliphatic heterocycles. The second kappa shape index (κ2) is 5.87. The zero-order valence-electron chi connectivity index (χ0n) is 12.9. The normalized spacial score (nSPS) is 16.9. The molecule has 2 aromatic carbocycles. The van der Waals surface area contributed by atoms with Crippen molar-refractivity contribution < 1.29 is 9.18 Å². The molecule has 4 rings (SSSR count). The number of thioether (sulfide) groups is 1. The van der Waals surface area contributed by atoms with Gasteiger partial charge in [-0.05, 0) is 30.7 Å². The molecule has 120 valence electrons. The van der Waals surface area contributed by atoms with Crippen LogP contribution in [0.5, 0.6) is 0 Å². The van der Waals surface area contributed by atoms with E-state index in [1.165, 1.54) is 28.6 Å². The fourth-order valence-corrected chi connectivity index (χ4v) is 3.88. The number of benzene rings is 2. The molecule has 0 aliphatic carbocycles. The van der Waals surface area contributed by atoms with Crippen LogP contribution in [0.1, 0.15) is 27.6 Å².